The number of hydrogen-bond acceptors (Lipinski definition) is 6. The highest BCUT2D eigenvalue weighted by Gasteiger charge is 2.27. The number of amides is 3. The summed E-state index contributed by atoms with van der Waals surface area (Å²) in [6.45, 7) is 2.68. The maximum absolute atomic E-state index is 13.1. The number of ether oxygens (including phenoxy) is 1. The topological polar surface area (TPSA) is 132 Å². The Kier molecular flexibility index (Phi) is 7.38. The highest BCUT2D eigenvalue weighted by Crippen LogP contribution is 2.25. The molecule has 2 aromatic carbocycles. The summed E-state index contributed by atoms with van der Waals surface area (Å²) in [5.41, 5.74) is 7.29. The quantitative estimate of drug-likeness (QED) is 0.489. The second-order valence-corrected chi connectivity index (χ2v) is 8.92. The Morgan fingerprint density at radius 2 is 1.86 bits per heavy atom. The third-order valence-electron chi connectivity index (χ3n) is 6.71. The third-order valence-corrected chi connectivity index (χ3v) is 6.71. The van der Waals surface area contributed by atoms with Crippen molar-refractivity contribution in [2.45, 2.75) is 32.6 Å². The standard InChI is InChI=1S/C27H29N3O6/c1-16-19-8-7-18(35-2)15-23(19)36-27(34)20(16)9-10-24(31)29-22-6-4-3-5-21(22)26(33)30-13-11-17(12-14-30)25(28)32/h3-8,15,17H,9-14H2,1-2H3,(H2,28,32)(H,29,31). The molecular weight excluding hydrogens is 462 g/mol. The second-order valence-electron chi connectivity index (χ2n) is 8.92. The van der Waals surface area contributed by atoms with Crippen LogP contribution in [0.3, 0.4) is 0 Å². The molecule has 0 bridgehead atoms. The van der Waals surface area contributed by atoms with Gasteiger partial charge in [-0.1, -0.05) is 12.1 Å². The highest BCUT2D eigenvalue weighted by molar-refractivity contribution is 6.03. The van der Waals surface area contributed by atoms with E-state index in [-0.39, 0.29) is 36.5 Å². The summed E-state index contributed by atoms with van der Waals surface area (Å²) in [5.74, 6) is -0.512. The van der Waals surface area contributed by atoms with E-state index in [4.69, 9.17) is 14.9 Å². The monoisotopic (exact) mass is 491 g/mol. The predicted molar refractivity (Wildman–Crippen MR) is 135 cm³/mol. The summed E-state index contributed by atoms with van der Waals surface area (Å²) in [6.07, 6.45) is 1.28. The van der Waals surface area contributed by atoms with Crippen molar-refractivity contribution < 1.29 is 23.5 Å². The Morgan fingerprint density at radius 1 is 1.14 bits per heavy atom. The van der Waals surface area contributed by atoms with Gasteiger partial charge in [0, 0.05) is 42.4 Å². The van der Waals surface area contributed by atoms with E-state index in [1.807, 2.05) is 13.0 Å². The van der Waals surface area contributed by atoms with Crippen molar-refractivity contribution in [3.8, 4) is 5.75 Å². The van der Waals surface area contributed by atoms with E-state index < -0.39 is 5.63 Å². The summed E-state index contributed by atoms with van der Waals surface area (Å²) in [7, 11) is 1.54. The van der Waals surface area contributed by atoms with Gasteiger partial charge in [-0.05, 0) is 56.0 Å². The molecule has 4 rings (SSSR count). The van der Waals surface area contributed by atoms with Crippen LogP contribution in [0.1, 0.15) is 40.7 Å². The van der Waals surface area contributed by atoms with Gasteiger partial charge in [0.25, 0.3) is 5.91 Å². The summed E-state index contributed by atoms with van der Waals surface area (Å²) >= 11 is 0. The van der Waals surface area contributed by atoms with Gasteiger partial charge in [0.1, 0.15) is 11.3 Å². The number of benzene rings is 2. The number of anilines is 1. The van der Waals surface area contributed by atoms with Gasteiger partial charge in [-0.15, -0.1) is 0 Å². The molecular formula is C27H29N3O6. The van der Waals surface area contributed by atoms with Crippen molar-refractivity contribution in [2.24, 2.45) is 11.7 Å². The van der Waals surface area contributed by atoms with Gasteiger partial charge in [0.05, 0.1) is 18.4 Å². The average molecular weight is 492 g/mol. The predicted octanol–water partition coefficient (Wildman–Crippen LogP) is 3.02. The Morgan fingerprint density at radius 3 is 2.56 bits per heavy atom. The molecule has 0 saturated carbocycles. The largest absolute Gasteiger partial charge is 0.497 e. The lowest BCUT2D eigenvalue weighted by Crippen LogP contribution is -2.42. The van der Waals surface area contributed by atoms with Gasteiger partial charge < -0.3 is 25.1 Å². The minimum absolute atomic E-state index is 0.0415. The number of rotatable bonds is 7. The van der Waals surface area contributed by atoms with Crippen molar-refractivity contribution in [2.75, 3.05) is 25.5 Å². The first kappa shape index (κ1) is 25.0. The molecule has 0 radical (unpaired) electrons. The fraction of sp³-hybridized carbons (Fsp3) is 0.333. The smallest absolute Gasteiger partial charge is 0.339 e. The van der Waals surface area contributed by atoms with Crippen LogP contribution in [0, 0.1) is 12.8 Å². The van der Waals surface area contributed by atoms with E-state index in [1.54, 1.807) is 41.3 Å². The Hall–Kier alpha value is -4.14. The fourth-order valence-electron chi connectivity index (χ4n) is 4.56. The number of hydrogen-bond donors (Lipinski definition) is 2. The van der Waals surface area contributed by atoms with Crippen LogP contribution in [0.2, 0.25) is 0 Å². The molecule has 1 aliphatic rings. The summed E-state index contributed by atoms with van der Waals surface area (Å²) in [6, 6.07) is 12.1. The van der Waals surface area contributed by atoms with Crippen LogP contribution < -0.4 is 21.4 Å². The second kappa shape index (κ2) is 10.6. The number of piperidine rings is 1. The van der Waals surface area contributed by atoms with E-state index in [1.165, 1.54) is 7.11 Å². The summed E-state index contributed by atoms with van der Waals surface area (Å²) in [4.78, 5) is 51.6. The highest BCUT2D eigenvalue weighted by atomic mass is 16.5. The number of fused-ring (bicyclic) bond motifs is 1. The molecule has 9 heteroatoms. The minimum atomic E-state index is -0.490. The van der Waals surface area contributed by atoms with E-state index >= 15 is 0 Å². The first-order valence-electron chi connectivity index (χ1n) is 11.9. The number of carbonyl (C=O) groups excluding carboxylic acids is 3. The van der Waals surface area contributed by atoms with Crippen molar-refractivity contribution >= 4 is 34.4 Å². The van der Waals surface area contributed by atoms with Crippen molar-refractivity contribution in [3.05, 3.63) is 69.6 Å². The molecule has 1 saturated heterocycles. The number of aryl methyl sites for hydroxylation is 1. The molecule has 0 aliphatic carbocycles. The van der Waals surface area contributed by atoms with Gasteiger partial charge in [0.2, 0.25) is 11.8 Å². The van der Waals surface area contributed by atoms with Gasteiger partial charge in [-0.2, -0.15) is 0 Å². The van der Waals surface area contributed by atoms with E-state index in [0.717, 1.165) is 10.9 Å². The minimum Gasteiger partial charge on any atom is -0.497 e. The number of nitrogens with one attached hydrogen (secondary N) is 1. The van der Waals surface area contributed by atoms with Crippen molar-refractivity contribution in [1.82, 2.24) is 4.90 Å². The van der Waals surface area contributed by atoms with Crippen LogP contribution in [0.5, 0.6) is 5.75 Å². The van der Waals surface area contributed by atoms with Crippen LogP contribution in [-0.4, -0.2) is 42.8 Å². The van der Waals surface area contributed by atoms with Crippen LogP contribution in [0.25, 0.3) is 11.0 Å². The van der Waals surface area contributed by atoms with Gasteiger partial charge >= 0.3 is 5.63 Å². The summed E-state index contributed by atoms with van der Waals surface area (Å²) in [5, 5.41) is 3.59. The molecule has 3 N–H and O–H groups in total. The number of methoxy groups -OCH3 is 1. The molecule has 1 aliphatic heterocycles. The normalized spacial score (nSPS) is 14.0. The zero-order valence-electron chi connectivity index (χ0n) is 20.3. The van der Waals surface area contributed by atoms with Crippen LogP contribution >= 0.6 is 0 Å². The number of carbonyl (C=O) groups is 3. The first-order chi connectivity index (χ1) is 17.3. The number of likely N-dealkylation sites (tertiary alicyclic amines) is 1. The maximum Gasteiger partial charge on any atom is 0.339 e. The molecule has 2 heterocycles. The lowest BCUT2D eigenvalue weighted by atomic mass is 9.95. The maximum atomic E-state index is 13.1. The summed E-state index contributed by atoms with van der Waals surface area (Å²) < 4.78 is 10.6. The lowest BCUT2D eigenvalue weighted by Gasteiger charge is -2.31. The number of para-hydroxylation sites is 1. The van der Waals surface area contributed by atoms with Crippen LogP contribution in [0.15, 0.2) is 51.7 Å². The van der Waals surface area contributed by atoms with E-state index in [0.29, 0.717) is 54.1 Å². The molecule has 3 aromatic rings. The zero-order chi connectivity index (χ0) is 25.8. The third kappa shape index (κ3) is 5.25. The number of nitrogens with zero attached hydrogens (tertiary/aromatic N) is 1. The SMILES string of the molecule is COc1ccc2c(C)c(CCC(=O)Nc3ccccc3C(=O)N3CCC(C(N)=O)CC3)c(=O)oc2c1. The molecule has 0 spiro atoms. The Bertz CT molecular complexity index is 1370. The Labute approximate surface area is 208 Å². The molecule has 9 nitrogen and oxygen atoms in total. The molecule has 0 unspecified atom stereocenters. The molecule has 1 fully saturated rings. The van der Waals surface area contributed by atoms with Crippen LogP contribution in [0.4, 0.5) is 5.69 Å². The van der Waals surface area contributed by atoms with Gasteiger partial charge in [0.15, 0.2) is 0 Å². The van der Waals surface area contributed by atoms with E-state index in [2.05, 4.69) is 5.32 Å². The lowest BCUT2D eigenvalue weighted by molar-refractivity contribution is -0.123. The molecule has 3 amide bonds. The zero-order valence-corrected chi connectivity index (χ0v) is 20.3. The number of nitrogens with two attached hydrogens (primary N) is 1. The van der Waals surface area contributed by atoms with Crippen LogP contribution in [-0.2, 0) is 16.0 Å². The molecule has 0 atom stereocenters. The first-order valence-corrected chi connectivity index (χ1v) is 11.9. The average Bonchev–Trinajstić information content (AvgIpc) is 2.88. The molecule has 36 heavy (non-hydrogen) atoms. The van der Waals surface area contributed by atoms with Gasteiger partial charge in [-0.3, -0.25) is 14.4 Å². The molecule has 188 valence electrons. The van der Waals surface area contributed by atoms with Gasteiger partial charge in [-0.25, -0.2) is 4.79 Å². The van der Waals surface area contributed by atoms with Crippen molar-refractivity contribution in [3.63, 3.8) is 0 Å². The van der Waals surface area contributed by atoms with E-state index in [9.17, 15) is 19.2 Å². The molecule has 1 aromatic heterocycles. The fourth-order valence-corrected chi connectivity index (χ4v) is 4.56. The van der Waals surface area contributed by atoms with Crippen molar-refractivity contribution in [1.29, 1.82) is 0 Å². The number of primary amides is 1. The Balaban J connectivity index is 1.44.